The minimum Gasteiger partial charge on any atom is -0.467 e. The highest BCUT2D eigenvalue weighted by atomic mass is 16.5. The van der Waals surface area contributed by atoms with Crippen LogP contribution in [0.5, 0.6) is 0 Å². The van der Waals surface area contributed by atoms with Gasteiger partial charge in [0.1, 0.15) is 12.1 Å². The first-order valence-corrected chi connectivity index (χ1v) is 7.75. The predicted octanol–water partition coefficient (Wildman–Crippen LogP) is 1.24. The lowest BCUT2D eigenvalue weighted by Gasteiger charge is -2.27. The molecule has 0 bridgehead atoms. The van der Waals surface area contributed by atoms with Crippen molar-refractivity contribution < 1.29 is 14.3 Å². The highest BCUT2D eigenvalue weighted by molar-refractivity contribution is 5.87. The average molecular weight is 331 g/mol. The molecule has 0 saturated heterocycles. The number of ether oxygens (including phenoxy) is 1. The summed E-state index contributed by atoms with van der Waals surface area (Å²) in [7, 11) is 1.28. The van der Waals surface area contributed by atoms with E-state index < -0.39 is 17.4 Å². The number of nitrogens with one attached hydrogen (secondary N) is 1. The maximum absolute atomic E-state index is 12.4. The number of amides is 1. The molecule has 0 fully saturated rings. The van der Waals surface area contributed by atoms with Crippen LogP contribution in [-0.4, -0.2) is 34.1 Å². The number of hydrogen-bond acceptors (Lipinski definition) is 5. The Balaban J connectivity index is 2.22. The lowest BCUT2D eigenvalue weighted by atomic mass is 9.96. The molecule has 128 valence electrons. The fraction of sp³-hybridized carbons (Fsp3) is 0.412. The number of carbonyl (C=O) groups excluding carboxylic acids is 2. The Labute approximate surface area is 139 Å². The van der Waals surface area contributed by atoms with Crippen LogP contribution >= 0.6 is 0 Å². The molecule has 1 amide bonds. The highest BCUT2D eigenvalue weighted by Gasteiger charge is 2.35. The van der Waals surface area contributed by atoms with Gasteiger partial charge in [0, 0.05) is 0 Å². The van der Waals surface area contributed by atoms with Gasteiger partial charge in [-0.3, -0.25) is 14.2 Å². The highest BCUT2D eigenvalue weighted by Crippen LogP contribution is 2.14. The zero-order valence-electron chi connectivity index (χ0n) is 14.0. The van der Waals surface area contributed by atoms with E-state index in [1.165, 1.54) is 18.0 Å². The van der Waals surface area contributed by atoms with Crippen LogP contribution in [0, 0.1) is 0 Å². The van der Waals surface area contributed by atoms with Crippen molar-refractivity contribution in [2.75, 3.05) is 7.11 Å². The van der Waals surface area contributed by atoms with Crippen molar-refractivity contribution in [3.8, 4) is 0 Å². The van der Waals surface area contributed by atoms with E-state index in [0.717, 1.165) is 0 Å². The van der Waals surface area contributed by atoms with Gasteiger partial charge in [0.25, 0.3) is 5.56 Å². The molecule has 7 heteroatoms. The van der Waals surface area contributed by atoms with Gasteiger partial charge < -0.3 is 10.1 Å². The minimum atomic E-state index is -1.12. The van der Waals surface area contributed by atoms with E-state index in [0.29, 0.717) is 23.7 Å². The second-order valence-corrected chi connectivity index (χ2v) is 5.82. The molecule has 0 radical (unpaired) electrons. The topological polar surface area (TPSA) is 90.3 Å². The van der Waals surface area contributed by atoms with Crippen LogP contribution in [0.3, 0.4) is 0 Å². The Morgan fingerprint density at radius 3 is 2.71 bits per heavy atom. The summed E-state index contributed by atoms with van der Waals surface area (Å²) in [5, 5.41) is 3.11. The molecule has 2 aromatic rings. The number of para-hydroxylation sites is 1. The molecule has 1 N–H and O–H groups in total. The third kappa shape index (κ3) is 3.61. The molecule has 1 heterocycles. The number of aromatic nitrogens is 2. The lowest BCUT2D eigenvalue weighted by Crippen LogP contribution is -2.53. The van der Waals surface area contributed by atoms with Gasteiger partial charge in [-0.2, -0.15) is 0 Å². The third-order valence-electron chi connectivity index (χ3n) is 3.85. The van der Waals surface area contributed by atoms with Gasteiger partial charge in [0.05, 0.1) is 24.3 Å². The number of fused-ring (bicyclic) bond motifs is 1. The Hall–Kier alpha value is -2.70. The van der Waals surface area contributed by atoms with Crippen molar-refractivity contribution in [2.24, 2.45) is 0 Å². The van der Waals surface area contributed by atoms with Gasteiger partial charge in [-0.05, 0) is 25.5 Å². The number of hydrogen-bond donors (Lipinski definition) is 1. The van der Waals surface area contributed by atoms with Gasteiger partial charge in [0.15, 0.2) is 0 Å². The molecule has 1 aromatic heterocycles. The Kier molecular flexibility index (Phi) is 5.33. The summed E-state index contributed by atoms with van der Waals surface area (Å²) in [6, 6.07) is 6.93. The maximum Gasteiger partial charge on any atom is 0.331 e. The molecule has 0 aliphatic carbocycles. The number of esters is 1. The summed E-state index contributed by atoms with van der Waals surface area (Å²) in [5.74, 6) is -0.961. The number of carbonyl (C=O) groups is 2. The molecule has 0 aliphatic rings. The zero-order valence-corrected chi connectivity index (χ0v) is 14.0. The van der Waals surface area contributed by atoms with Gasteiger partial charge in [0.2, 0.25) is 5.91 Å². The standard InChI is InChI=1S/C17H21N3O4/c1-4-9-17(2,16(23)24-3)19-14(21)10-20-11-18-13-8-6-5-7-12(13)15(20)22/h5-8,11H,4,9-10H2,1-3H3,(H,19,21). The first-order valence-electron chi connectivity index (χ1n) is 7.75. The first-order chi connectivity index (χ1) is 11.4. The van der Waals surface area contributed by atoms with Crippen molar-refractivity contribution in [2.45, 2.75) is 38.8 Å². The van der Waals surface area contributed by atoms with E-state index in [9.17, 15) is 14.4 Å². The summed E-state index contributed by atoms with van der Waals surface area (Å²) in [6.07, 6.45) is 2.47. The molecule has 0 aliphatic heterocycles. The summed E-state index contributed by atoms with van der Waals surface area (Å²) in [4.78, 5) is 40.8. The minimum absolute atomic E-state index is 0.215. The fourth-order valence-corrected chi connectivity index (χ4v) is 2.66. The molecular formula is C17H21N3O4. The monoisotopic (exact) mass is 331 g/mol. The molecular weight excluding hydrogens is 310 g/mol. The molecule has 24 heavy (non-hydrogen) atoms. The predicted molar refractivity (Wildman–Crippen MR) is 89.5 cm³/mol. The van der Waals surface area contributed by atoms with E-state index in [1.54, 1.807) is 31.2 Å². The molecule has 1 atom stereocenters. The van der Waals surface area contributed by atoms with Crippen molar-refractivity contribution >= 4 is 22.8 Å². The number of rotatable bonds is 6. The zero-order chi connectivity index (χ0) is 17.7. The largest absolute Gasteiger partial charge is 0.467 e. The van der Waals surface area contributed by atoms with Crippen molar-refractivity contribution in [1.82, 2.24) is 14.9 Å². The van der Waals surface area contributed by atoms with Crippen LogP contribution in [0.1, 0.15) is 26.7 Å². The van der Waals surface area contributed by atoms with Crippen LogP contribution < -0.4 is 10.9 Å². The molecule has 2 rings (SSSR count). The van der Waals surface area contributed by atoms with Gasteiger partial charge >= 0.3 is 5.97 Å². The molecule has 1 aromatic carbocycles. The number of nitrogens with zero attached hydrogens (tertiary/aromatic N) is 2. The molecule has 0 saturated carbocycles. The van der Waals surface area contributed by atoms with Crippen LogP contribution in [0.25, 0.3) is 10.9 Å². The Bertz CT molecular complexity index is 815. The van der Waals surface area contributed by atoms with E-state index in [4.69, 9.17) is 4.74 Å². The van der Waals surface area contributed by atoms with Gasteiger partial charge in [-0.1, -0.05) is 25.5 Å². The van der Waals surface area contributed by atoms with E-state index in [1.807, 2.05) is 6.92 Å². The molecule has 1 unspecified atom stereocenters. The average Bonchev–Trinajstić information content (AvgIpc) is 2.57. The van der Waals surface area contributed by atoms with E-state index in [2.05, 4.69) is 10.3 Å². The van der Waals surface area contributed by atoms with Crippen LogP contribution in [0.4, 0.5) is 0 Å². The second-order valence-electron chi connectivity index (χ2n) is 5.82. The van der Waals surface area contributed by atoms with Gasteiger partial charge in [-0.25, -0.2) is 9.78 Å². The smallest absolute Gasteiger partial charge is 0.331 e. The normalized spacial score (nSPS) is 13.3. The van der Waals surface area contributed by atoms with Crippen molar-refractivity contribution in [1.29, 1.82) is 0 Å². The van der Waals surface area contributed by atoms with Crippen molar-refractivity contribution in [3.05, 3.63) is 40.9 Å². The van der Waals surface area contributed by atoms with E-state index >= 15 is 0 Å². The summed E-state index contributed by atoms with van der Waals surface area (Å²) in [6.45, 7) is 3.31. The Morgan fingerprint density at radius 1 is 1.33 bits per heavy atom. The quantitative estimate of drug-likeness (QED) is 0.805. The van der Waals surface area contributed by atoms with Crippen LogP contribution in [0.2, 0.25) is 0 Å². The van der Waals surface area contributed by atoms with Crippen LogP contribution in [0.15, 0.2) is 35.4 Å². The second kappa shape index (κ2) is 7.25. The fourth-order valence-electron chi connectivity index (χ4n) is 2.66. The number of methoxy groups -OCH3 is 1. The summed E-state index contributed by atoms with van der Waals surface area (Å²) >= 11 is 0. The summed E-state index contributed by atoms with van der Waals surface area (Å²) in [5.41, 5.74) is -0.843. The van der Waals surface area contributed by atoms with E-state index in [-0.39, 0.29) is 12.1 Å². The SMILES string of the molecule is CCCC(C)(NC(=O)Cn1cnc2ccccc2c1=O)C(=O)OC. The molecule has 7 nitrogen and oxygen atoms in total. The van der Waals surface area contributed by atoms with Crippen molar-refractivity contribution in [3.63, 3.8) is 0 Å². The first kappa shape index (κ1) is 17.7. The van der Waals surface area contributed by atoms with Crippen LogP contribution in [-0.2, 0) is 20.9 Å². The molecule has 0 spiro atoms. The maximum atomic E-state index is 12.4. The third-order valence-corrected chi connectivity index (χ3v) is 3.85. The lowest BCUT2D eigenvalue weighted by molar-refractivity contribution is -0.150. The Morgan fingerprint density at radius 2 is 2.04 bits per heavy atom. The number of benzene rings is 1. The summed E-state index contributed by atoms with van der Waals surface area (Å²) < 4.78 is 5.99. The van der Waals surface area contributed by atoms with Gasteiger partial charge in [-0.15, -0.1) is 0 Å².